The molecule has 0 radical (unpaired) electrons. The normalized spacial score (nSPS) is 12.0. The highest BCUT2D eigenvalue weighted by atomic mass is 15.0. The van der Waals surface area contributed by atoms with Gasteiger partial charge < -0.3 is 14.1 Å². The molecule has 0 aliphatic carbocycles. The van der Waals surface area contributed by atoms with E-state index >= 15 is 0 Å². The molecule has 3 heteroatoms. The molecule has 0 amide bonds. The predicted octanol–water partition coefficient (Wildman–Crippen LogP) is 8.36. The molecule has 0 atom stereocenters. The number of nitrogens with zero attached hydrogens (tertiary/aromatic N) is 2. The number of aromatic nitrogens is 3. The third kappa shape index (κ3) is 2.55. The van der Waals surface area contributed by atoms with Crippen LogP contribution in [0.15, 0.2) is 121 Å². The van der Waals surface area contributed by atoms with Crippen LogP contribution in [0.1, 0.15) is 0 Å². The van der Waals surface area contributed by atoms with Crippen LogP contribution in [-0.4, -0.2) is 14.1 Å². The van der Waals surface area contributed by atoms with Crippen molar-refractivity contribution in [1.82, 2.24) is 14.1 Å². The minimum Gasteiger partial charge on any atom is -0.354 e. The maximum absolute atomic E-state index is 3.64. The number of benzene rings is 5. The number of aromatic amines is 1. The van der Waals surface area contributed by atoms with Gasteiger partial charge in [-0.1, -0.05) is 60.7 Å². The standard InChI is InChI=1S/C32H21N3/c1-3-9-21(10-4-1)34-18-17-25-30(34)16-15-24-27-19-26-23-13-7-8-14-28(23)33-29(26)20-31(27)35(32(24)25)22-11-5-2-6-12-22/h1-20,33H. The smallest absolute Gasteiger partial charge is 0.0635 e. The largest absolute Gasteiger partial charge is 0.354 e. The van der Waals surface area contributed by atoms with Gasteiger partial charge in [0.05, 0.1) is 16.6 Å². The predicted molar refractivity (Wildman–Crippen MR) is 147 cm³/mol. The third-order valence-electron chi connectivity index (χ3n) is 7.27. The molecule has 35 heavy (non-hydrogen) atoms. The fraction of sp³-hybridized carbons (Fsp3) is 0. The lowest BCUT2D eigenvalue weighted by atomic mass is 10.1. The molecular weight excluding hydrogens is 426 g/mol. The summed E-state index contributed by atoms with van der Waals surface area (Å²) >= 11 is 0. The number of nitrogens with one attached hydrogen (secondary N) is 1. The zero-order chi connectivity index (χ0) is 22.9. The van der Waals surface area contributed by atoms with Crippen LogP contribution in [0.3, 0.4) is 0 Å². The first-order valence-electron chi connectivity index (χ1n) is 12.0. The molecule has 0 aliphatic rings. The van der Waals surface area contributed by atoms with Crippen LogP contribution < -0.4 is 0 Å². The molecule has 1 N–H and O–H groups in total. The Kier molecular flexibility index (Phi) is 3.66. The summed E-state index contributed by atoms with van der Waals surface area (Å²) in [6, 6.07) is 41.3. The van der Waals surface area contributed by atoms with Crippen molar-refractivity contribution in [3.05, 3.63) is 121 Å². The van der Waals surface area contributed by atoms with E-state index in [9.17, 15) is 0 Å². The fourth-order valence-corrected chi connectivity index (χ4v) is 5.73. The lowest BCUT2D eigenvalue weighted by molar-refractivity contribution is 1.13. The monoisotopic (exact) mass is 447 g/mol. The molecule has 3 aromatic heterocycles. The summed E-state index contributed by atoms with van der Waals surface area (Å²) < 4.78 is 4.70. The summed E-state index contributed by atoms with van der Waals surface area (Å²) in [6.45, 7) is 0. The molecule has 8 rings (SSSR count). The van der Waals surface area contributed by atoms with E-state index in [1.807, 2.05) is 0 Å². The molecule has 0 saturated carbocycles. The molecule has 0 aliphatic heterocycles. The Bertz CT molecular complexity index is 2040. The van der Waals surface area contributed by atoms with E-state index in [2.05, 4.69) is 136 Å². The second-order valence-electron chi connectivity index (χ2n) is 9.17. The van der Waals surface area contributed by atoms with E-state index in [4.69, 9.17) is 0 Å². The zero-order valence-electron chi connectivity index (χ0n) is 18.9. The van der Waals surface area contributed by atoms with Gasteiger partial charge in [-0.05, 0) is 54.6 Å². The van der Waals surface area contributed by atoms with Gasteiger partial charge in [0.2, 0.25) is 0 Å². The summed E-state index contributed by atoms with van der Waals surface area (Å²) in [4.78, 5) is 3.64. The van der Waals surface area contributed by atoms with Gasteiger partial charge in [-0.15, -0.1) is 0 Å². The molecular formula is C32H21N3. The molecule has 3 heterocycles. The third-order valence-corrected chi connectivity index (χ3v) is 7.27. The lowest BCUT2D eigenvalue weighted by Gasteiger charge is -2.09. The molecule has 0 bridgehead atoms. The highest BCUT2D eigenvalue weighted by Gasteiger charge is 2.18. The number of hydrogen-bond donors (Lipinski definition) is 1. The molecule has 0 saturated heterocycles. The van der Waals surface area contributed by atoms with E-state index in [-0.39, 0.29) is 0 Å². The van der Waals surface area contributed by atoms with Crippen molar-refractivity contribution in [1.29, 1.82) is 0 Å². The number of rotatable bonds is 2. The van der Waals surface area contributed by atoms with Gasteiger partial charge in [-0.3, -0.25) is 0 Å². The van der Waals surface area contributed by atoms with E-state index in [0.717, 1.165) is 5.52 Å². The van der Waals surface area contributed by atoms with E-state index in [1.54, 1.807) is 0 Å². The lowest BCUT2D eigenvalue weighted by Crippen LogP contribution is -1.94. The van der Waals surface area contributed by atoms with Gasteiger partial charge in [0.15, 0.2) is 0 Å². The van der Waals surface area contributed by atoms with Crippen LogP contribution in [0, 0.1) is 0 Å². The van der Waals surface area contributed by atoms with Gasteiger partial charge in [0, 0.05) is 55.5 Å². The summed E-state index contributed by atoms with van der Waals surface area (Å²) in [5, 5.41) is 6.33. The average Bonchev–Trinajstić information content (AvgIpc) is 3.59. The molecule has 3 nitrogen and oxygen atoms in total. The van der Waals surface area contributed by atoms with Gasteiger partial charge >= 0.3 is 0 Å². The van der Waals surface area contributed by atoms with Crippen molar-refractivity contribution in [3.63, 3.8) is 0 Å². The Balaban J connectivity index is 1.56. The molecule has 0 spiro atoms. The molecule has 0 fully saturated rings. The average molecular weight is 448 g/mol. The fourth-order valence-electron chi connectivity index (χ4n) is 5.73. The van der Waals surface area contributed by atoms with E-state index < -0.39 is 0 Å². The highest BCUT2D eigenvalue weighted by Crippen LogP contribution is 2.40. The SMILES string of the molecule is c1ccc(-n2ccc3c2ccc2c4cc5c(cc4n(-c4ccccc4)c23)[nH]c2ccccc25)cc1. The van der Waals surface area contributed by atoms with Gasteiger partial charge in [-0.2, -0.15) is 0 Å². The van der Waals surface area contributed by atoms with Gasteiger partial charge in [0.1, 0.15) is 0 Å². The van der Waals surface area contributed by atoms with Crippen molar-refractivity contribution in [3.8, 4) is 11.4 Å². The summed E-state index contributed by atoms with van der Waals surface area (Å²) in [6.07, 6.45) is 2.18. The second-order valence-corrected chi connectivity index (χ2v) is 9.17. The summed E-state index contributed by atoms with van der Waals surface area (Å²) in [7, 11) is 0. The highest BCUT2D eigenvalue weighted by molar-refractivity contribution is 6.22. The first kappa shape index (κ1) is 18.6. The van der Waals surface area contributed by atoms with Crippen molar-refractivity contribution in [2.75, 3.05) is 0 Å². The number of para-hydroxylation sites is 3. The van der Waals surface area contributed by atoms with Crippen LogP contribution >= 0.6 is 0 Å². The Morgan fingerprint density at radius 3 is 2.03 bits per heavy atom. The number of H-pyrrole nitrogens is 1. The van der Waals surface area contributed by atoms with E-state index in [1.165, 1.54) is 60.4 Å². The van der Waals surface area contributed by atoms with E-state index in [0.29, 0.717) is 0 Å². The first-order chi connectivity index (χ1) is 17.4. The number of hydrogen-bond acceptors (Lipinski definition) is 0. The number of fused-ring (bicyclic) bond motifs is 8. The zero-order valence-corrected chi connectivity index (χ0v) is 18.9. The Labute approximate surface area is 201 Å². The van der Waals surface area contributed by atoms with Crippen LogP contribution in [0.2, 0.25) is 0 Å². The molecule has 8 aromatic rings. The van der Waals surface area contributed by atoms with Crippen molar-refractivity contribution in [2.24, 2.45) is 0 Å². The maximum atomic E-state index is 3.64. The Morgan fingerprint density at radius 1 is 0.457 bits per heavy atom. The van der Waals surface area contributed by atoms with Crippen molar-refractivity contribution >= 4 is 54.5 Å². The van der Waals surface area contributed by atoms with Crippen LogP contribution in [0.4, 0.5) is 0 Å². The minimum atomic E-state index is 1.16. The van der Waals surface area contributed by atoms with Gasteiger partial charge in [-0.25, -0.2) is 0 Å². The maximum Gasteiger partial charge on any atom is 0.0635 e. The first-order valence-corrected chi connectivity index (χ1v) is 12.0. The van der Waals surface area contributed by atoms with Crippen molar-refractivity contribution < 1.29 is 0 Å². The summed E-state index contributed by atoms with van der Waals surface area (Å²) in [5.74, 6) is 0. The molecule has 164 valence electrons. The minimum absolute atomic E-state index is 1.16. The summed E-state index contributed by atoms with van der Waals surface area (Å²) in [5.41, 5.74) is 8.34. The molecule has 5 aromatic carbocycles. The van der Waals surface area contributed by atoms with Crippen LogP contribution in [0.25, 0.3) is 65.9 Å². The Morgan fingerprint density at radius 2 is 1.20 bits per heavy atom. The van der Waals surface area contributed by atoms with Crippen LogP contribution in [-0.2, 0) is 0 Å². The second kappa shape index (κ2) is 6.87. The quantitative estimate of drug-likeness (QED) is 0.275. The van der Waals surface area contributed by atoms with Gasteiger partial charge in [0.25, 0.3) is 0 Å². The van der Waals surface area contributed by atoms with Crippen molar-refractivity contribution in [2.45, 2.75) is 0 Å². The molecule has 0 unspecified atom stereocenters. The topological polar surface area (TPSA) is 25.6 Å². The van der Waals surface area contributed by atoms with Crippen LogP contribution in [0.5, 0.6) is 0 Å². The Hall–Kier alpha value is -4.76.